The van der Waals surface area contributed by atoms with Crippen LogP contribution in [0.2, 0.25) is 0 Å². The molecule has 102 valence electrons. The van der Waals surface area contributed by atoms with E-state index >= 15 is 0 Å². The number of esters is 1. The molecule has 1 aliphatic rings. The highest BCUT2D eigenvalue weighted by Crippen LogP contribution is 2.32. The zero-order valence-electron chi connectivity index (χ0n) is 11.2. The van der Waals surface area contributed by atoms with Crippen molar-refractivity contribution in [2.24, 2.45) is 0 Å². The number of benzene rings is 1. The van der Waals surface area contributed by atoms with Crippen LogP contribution in [0.5, 0.6) is 0 Å². The Bertz CT molecular complexity index is 658. The van der Waals surface area contributed by atoms with E-state index in [1.807, 2.05) is 28.8 Å². The summed E-state index contributed by atoms with van der Waals surface area (Å²) in [7, 11) is 1.39. The van der Waals surface area contributed by atoms with Gasteiger partial charge in [-0.2, -0.15) is 0 Å². The zero-order chi connectivity index (χ0) is 14.1. The molecule has 0 N–H and O–H groups in total. The van der Waals surface area contributed by atoms with E-state index in [4.69, 9.17) is 4.74 Å². The summed E-state index contributed by atoms with van der Waals surface area (Å²) in [5.41, 5.74) is 2.17. The Hall–Kier alpha value is -2.36. The second-order valence-electron chi connectivity index (χ2n) is 4.85. The summed E-state index contributed by atoms with van der Waals surface area (Å²) >= 11 is 0. The lowest BCUT2D eigenvalue weighted by Gasteiger charge is -2.06. The van der Waals surface area contributed by atoms with Crippen LogP contribution in [0.25, 0.3) is 0 Å². The number of rotatable bonds is 3. The molecule has 0 spiro atoms. The van der Waals surface area contributed by atoms with Crippen molar-refractivity contribution in [2.45, 2.75) is 18.9 Å². The van der Waals surface area contributed by atoms with Crippen LogP contribution in [0.4, 0.5) is 0 Å². The third-order valence-electron chi connectivity index (χ3n) is 3.77. The topological polar surface area (TPSA) is 48.3 Å². The van der Waals surface area contributed by atoms with Crippen molar-refractivity contribution in [3.8, 4) is 0 Å². The van der Waals surface area contributed by atoms with Gasteiger partial charge in [-0.15, -0.1) is 0 Å². The van der Waals surface area contributed by atoms with Gasteiger partial charge in [-0.05, 0) is 18.6 Å². The number of ether oxygens (including phenoxy) is 1. The maximum Gasteiger partial charge on any atom is 0.314 e. The van der Waals surface area contributed by atoms with Crippen LogP contribution in [0.15, 0.2) is 42.5 Å². The molecule has 0 bridgehead atoms. The molecular formula is C16H15NO3. The third-order valence-corrected chi connectivity index (χ3v) is 3.77. The summed E-state index contributed by atoms with van der Waals surface area (Å²) < 4.78 is 6.74. The summed E-state index contributed by atoms with van der Waals surface area (Å²) in [4.78, 5) is 24.2. The molecule has 1 aromatic carbocycles. The molecule has 3 rings (SSSR count). The Morgan fingerprint density at radius 2 is 1.90 bits per heavy atom. The fourth-order valence-corrected chi connectivity index (χ4v) is 2.76. The van der Waals surface area contributed by atoms with Crippen LogP contribution < -0.4 is 0 Å². The van der Waals surface area contributed by atoms with Gasteiger partial charge in [0.1, 0.15) is 0 Å². The average molecular weight is 269 g/mol. The molecule has 4 heteroatoms. The quantitative estimate of drug-likeness (QED) is 0.635. The maximum absolute atomic E-state index is 12.5. The zero-order valence-corrected chi connectivity index (χ0v) is 11.2. The number of ketones is 1. The predicted octanol–water partition coefficient (Wildman–Crippen LogP) is 2.38. The molecule has 2 aromatic rings. The van der Waals surface area contributed by atoms with Crippen LogP contribution in [0, 0.1) is 0 Å². The minimum atomic E-state index is -0.252. The molecule has 2 heterocycles. The Labute approximate surface area is 117 Å². The van der Waals surface area contributed by atoms with Crippen molar-refractivity contribution in [3.63, 3.8) is 0 Å². The Balaban J connectivity index is 1.95. The van der Waals surface area contributed by atoms with Gasteiger partial charge in [-0.25, -0.2) is 0 Å². The SMILES string of the molecule is COC(=O)C1CCn2c(C(=O)c3ccccc3)ccc21. The van der Waals surface area contributed by atoms with Gasteiger partial charge in [0.25, 0.3) is 0 Å². The van der Waals surface area contributed by atoms with Crippen molar-refractivity contribution in [1.29, 1.82) is 0 Å². The van der Waals surface area contributed by atoms with Crippen LogP contribution in [0.1, 0.15) is 34.1 Å². The summed E-state index contributed by atoms with van der Waals surface area (Å²) in [6, 6.07) is 12.8. The number of hydrogen-bond acceptors (Lipinski definition) is 3. The highest BCUT2D eigenvalue weighted by molar-refractivity contribution is 6.08. The van der Waals surface area contributed by atoms with Gasteiger partial charge in [0.2, 0.25) is 5.78 Å². The minimum Gasteiger partial charge on any atom is -0.469 e. The monoisotopic (exact) mass is 269 g/mol. The number of fused-ring (bicyclic) bond motifs is 1. The third kappa shape index (κ3) is 1.93. The minimum absolute atomic E-state index is 0.0117. The van der Waals surface area contributed by atoms with E-state index in [-0.39, 0.29) is 17.7 Å². The lowest BCUT2D eigenvalue weighted by atomic mass is 10.1. The van der Waals surface area contributed by atoms with Gasteiger partial charge in [0.15, 0.2) is 0 Å². The van der Waals surface area contributed by atoms with E-state index in [1.165, 1.54) is 7.11 Å². The fourth-order valence-electron chi connectivity index (χ4n) is 2.76. The maximum atomic E-state index is 12.5. The number of carbonyl (C=O) groups excluding carboxylic acids is 2. The van der Waals surface area contributed by atoms with Crippen LogP contribution in [-0.2, 0) is 16.1 Å². The van der Waals surface area contributed by atoms with Gasteiger partial charge in [0, 0.05) is 17.8 Å². The summed E-state index contributed by atoms with van der Waals surface area (Å²) in [5, 5.41) is 0. The molecule has 1 aliphatic heterocycles. The number of aromatic nitrogens is 1. The molecule has 0 saturated heterocycles. The molecule has 0 amide bonds. The molecule has 0 saturated carbocycles. The molecule has 0 fully saturated rings. The van der Waals surface area contributed by atoms with Gasteiger partial charge < -0.3 is 9.30 Å². The molecule has 1 unspecified atom stereocenters. The van der Waals surface area contributed by atoms with E-state index in [2.05, 4.69) is 0 Å². The molecule has 4 nitrogen and oxygen atoms in total. The van der Waals surface area contributed by atoms with E-state index in [9.17, 15) is 9.59 Å². The average Bonchev–Trinajstić information content (AvgIpc) is 3.08. The standard InChI is InChI=1S/C16H15NO3/c1-20-16(19)12-9-10-17-13(12)7-8-14(17)15(18)11-5-3-2-4-6-11/h2-8,12H,9-10H2,1H3. The largest absolute Gasteiger partial charge is 0.469 e. The highest BCUT2D eigenvalue weighted by atomic mass is 16.5. The summed E-state index contributed by atoms with van der Waals surface area (Å²) in [5.74, 6) is -0.500. The Morgan fingerprint density at radius 3 is 2.60 bits per heavy atom. The smallest absolute Gasteiger partial charge is 0.314 e. The molecule has 20 heavy (non-hydrogen) atoms. The van der Waals surface area contributed by atoms with Crippen LogP contribution >= 0.6 is 0 Å². The van der Waals surface area contributed by atoms with Crippen molar-refractivity contribution >= 4 is 11.8 Å². The first-order valence-electron chi connectivity index (χ1n) is 6.59. The second kappa shape index (κ2) is 4.96. The fraction of sp³-hybridized carbons (Fsp3) is 0.250. The normalized spacial score (nSPS) is 16.8. The predicted molar refractivity (Wildman–Crippen MR) is 73.7 cm³/mol. The summed E-state index contributed by atoms with van der Waals surface area (Å²) in [6.45, 7) is 0.677. The van der Waals surface area contributed by atoms with E-state index < -0.39 is 0 Å². The number of nitrogens with zero attached hydrogens (tertiary/aromatic N) is 1. The Morgan fingerprint density at radius 1 is 1.15 bits per heavy atom. The molecular weight excluding hydrogens is 254 g/mol. The van der Waals surface area contributed by atoms with Crippen molar-refractivity contribution < 1.29 is 14.3 Å². The van der Waals surface area contributed by atoms with E-state index in [0.717, 1.165) is 5.69 Å². The van der Waals surface area contributed by atoms with Crippen LogP contribution in [-0.4, -0.2) is 23.4 Å². The number of hydrogen-bond donors (Lipinski definition) is 0. The van der Waals surface area contributed by atoms with Gasteiger partial charge >= 0.3 is 5.97 Å². The number of carbonyl (C=O) groups is 2. The van der Waals surface area contributed by atoms with Crippen molar-refractivity contribution in [3.05, 3.63) is 59.4 Å². The molecule has 0 radical (unpaired) electrons. The Kier molecular flexibility index (Phi) is 3.14. The number of methoxy groups -OCH3 is 1. The van der Waals surface area contributed by atoms with E-state index in [1.54, 1.807) is 18.2 Å². The molecule has 1 aromatic heterocycles. The lowest BCUT2D eigenvalue weighted by Crippen LogP contribution is -2.11. The van der Waals surface area contributed by atoms with E-state index in [0.29, 0.717) is 24.2 Å². The molecule has 1 atom stereocenters. The first kappa shape index (κ1) is 12.7. The first-order valence-corrected chi connectivity index (χ1v) is 6.59. The first-order chi connectivity index (χ1) is 9.72. The van der Waals surface area contributed by atoms with Crippen LogP contribution in [0.3, 0.4) is 0 Å². The van der Waals surface area contributed by atoms with Crippen molar-refractivity contribution in [2.75, 3.05) is 7.11 Å². The lowest BCUT2D eigenvalue weighted by molar-refractivity contribution is -0.142. The van der Waals surface area contributed by atoms with Gasteiger partial charge in [-0.1, -0.05) is 30.3 Å². The summed E-state index contributed by atoms with van der Waals surface area (Å²) in [6.07, 6.45) is 0.692. The molecule has 0 aliphatic carbocycles. The second-order valence-corrected chi connectivity index (χ2v) is 4.85. The van der Waals surface area contributed by atoms with Gasteiger partial charge in [0.05, 0.1) is 18.7 Å². The highest BCUT2D eigenvalue weighted by Gasteiger charge is 2.32. The van der Waals surface area contributed by atoms with Gasteiger partial charge in [-0.3, -0.25) is 9.59 Å². The van der Waals surface area contributed by atoms with Crippen molar-refractivity contribution in [1.82, 2.24) is 4.57 Å².